The Morgan fingerprint density at radius 3 is 2.62 bits per heavy atom. The van der Waals surface area contributed by atoms with Crippen molar-refractivity contribution >= 4 is 51.8 Å². The highest BCUT2D eigenvalue weighted by Gasteiger charge is 2.34. The molecule has 1 heterocycles. The van der Waals surface area contributed by atoms with Gasteiger partial charge < -0.3 is 25.8 Å². The van der Waals surface area contributed by atoms with E-state index in [0.29, 0.717) is 20.5 Å². The van der Waals surface area contributed by atoms with Crippen molar-refractivity contribution in [2.45, 2.75) is 13.0 Å². The van der Waals surface area contributed by atoms with Crippen LogP contribution in [0.1, 0.15) is 18.5 Å². The van der Waals surface area contributed by atoms with E-state index in [1.807, 2.05) is 22.6 Å². The zero-order valence-electron chi connectivity index (χ0n) is 15.3. The molecule has 0 aliphatic carbocycles. The first kappa shape index (κ1) is 21.2. The van der Waals surface area contributed by atoms with E-state index in [0.717, 1.165) is 0 Å². The molecule has 2 aromatic carbocycles. The second-order valence-electron chi connectivity index (χ2n) is 6.18. The number of aromatic hydroxyl groups is 1. The summed E-state index contributed by atoms with van der Waals surface area (Å²) in [6.07, 6.45) is 0. The molecule has 1 unspecified atom stereocenters. The maximum Gasteiger partial charge on any atom is 0.319 e. The number of rotatable bonds is 4. The molecule has 0 saturated heterocycles. The van der Waals surface area contributed by atoms with Gasteiger partial charge in [-0.15, -0.1) is 0 Å². The van der Waals surface area contributed by atoms with Crippen LogP contribution in [-0.4, -0.2) is 24.2 Å². The molecule has 4 N–H and O–H groups in total. The SMILES string of the molecule is COc1cc(C2NC(=O)NC(C)=C2C(=O)Nc2ccc(F)cc2)c(Cl)c(I)c1O. The second kappa shape index (κ2) is 8.46. The Kier molecular flexibility index (Phi) is 6.18. The molecule has 1 atom stereocenters. The topological polar surface area (TPSA) is 99.7 Å². The maximum atomic E-state index is 13.1. The van der Waals surface area contributed by atoms with Crippen LogP contribution in [0.25, 0.3) is 0 Å². The number of phenols is 1. The van der Waals surface area contributed by atoms with E-state index in [4.69, 9.17) is 16.3 Å². The number of methoxy groups -OCH3 is 1. The highest BCUT2D eigenvalue weighted by molar-refractivity contribution is 14.1. The van der Waals surface area contributed by atoms with Crippen LogP contribution in [0, 0.1) is 9.39 Å². The molecule has 1 aliphatic heterocycles. The van der Waals surface area contributed by atoms with Crippen LogP contribution in [0.15, 0.2) is 41.6 Å². The molecular weight excluding hydrogens is 516 g/mol. The van der Waals surface area contributed by atoms with Crippen molar-refractivity contribution in [1.82, 2.24) is 10.6 Å². The molecule has 3 rings (SSSR count). The van der Waals surface area contributed by atoms with Gasteiger partial charge in [0.05, 0.1) is 27.3 Å². The first-order valence-corrected chi connectivity index (χ1v) is 9.78. The lowest BCUT2D eigenvalue weighted by atomic mass is 9.94. The number of nitrogens with one attached hydrogen (secondary N) is 3. The number of benzene rings is 2. The molecule has 2 aromatic rings. The molecule has 0 radical (unpaired) electrons. The third-order valence-corrected chi connectivity index (χ3v) is 6.10. The van der Waals surface area contributed by atoms with Crippen molar-refractivity contribution in [2.75, 3.05) is 12.4 Å². The van der Waals surface area contributed by atoms with Gasteiger partial charge in [-0.2, -0.15) is 0 Å². The molecule has 3 amide bonds. The van der Waals surface area contributed by atoms with Crippen LogP contribution >= 0.6 is 34.2 Å². The zero-order valence-corrected chi connectivity index (χ0v) is 18.2. The summed E-state index contributed by atoms with van der Waals surface area (Å²) in [5.41, 5.74) is 1.30. The fourth-order valence-electron chi connectivity index (χ4n) is 2.94. The smallest absolute Gasteiger partial charge is 0.319 e. The Balaban J connectivity index is 2.06. The third-order valence-electron chi connectivity index (χ3n) is 4.32. The number of anilines is 1. The highest BCUT2D eigenvalue weighted by atomic mass is 127. The minimum atomic E-state index is -0.903. The monoisotopic (exact) mass is 531 g/mol. The summed E-state index contributed by atoms with van der Waals surface area (Å²) in [6, 6.07) is 5.34. The Morgan fingerprint density at radius 1 is 1.34 bits per heavy atom. The Morgan fingerprint density at radius 2 is 2.00 bits per heavy atom. The molecule has 0 aromatic heterocycles. The molecule has 0 bridgehead atoms. The lowest BCUT2D eigenvalue weighted by Crippen LogP contribution is -2.46. The van der Waals surface area contributed by atoms with Gasteiger partial charge in [0.2, 0.25) is 0 Å². The number of carbonyl (C=O) groups is 2. The van der Waals surface area contributed by atoms with E-state index < -0.39 is 23.8 Å². The van der Waals surface area contributed by atoms with Gasteiger partial charge in [-0.25, -0.2) is 9.18 Å². The fourth-order valence-corrected chi connectivity index (χ4v) is 3.77. The van der Waals surface area contributed by atoms with Crippen molar-refractivity contribution in [3.8, 4) is 11.5 Å². The van der Waals surface area contributed by atoms with Gasteiger partial charge >= 0.3 is 6.03 Å². The molecule has 0 fully saturated rings. The van der Waals surface area contributed by atoms with Gasteiger partial charge in [-0.1, -0.05) is 11.6 Å². The van der Waals surface area contributed by atoms with Crippen LogP contribution in [0.3, 0.4) is 0 Å². The van der Waals surface area contributed by atoms with E-state index >= 15 is 0 Å². The summed E-state index contributed by atoms with van der Waals surface area (Å²) in [4.78, 5) is 25.1. The van der Waals surface area contributed by atoms with E-state index in [9.17, 15) is 19.1 Å². The standard InChI is InChI=1S/C19H16ClFIN3O4/c1-8-13(18(27)24-10-5-3-9(21)4-6-10)16(25-19(28)23-8)11-7-12(29-2)17(26)15(22)14(11)20/h3-7,16,26H,1-2H3,(H,24,27)(H2,23,25,28). The van der Waals surface area contributed by atoms with Crippen molar-refractivity contribution in [3.05, 3.63) is 61.6 Å². The largest absolute Gasteiger partial charge is 0.503 e. The number of carbonyl (C=O) groups excluding carboxylic acids is 2. The third kappa shape index (κ3) is 4.25. The van der Waals surface area contributed by atoms with Crippen molar-refractivity contribution in [2.24, 2.45) is 0 Å². The second-order valence-corrected chi connectivity index (χ2v) is 7.63. The molecule has 0 spiro atoms. The Bertz CT molecular complexity index is 1030. The maximum absolute atomic E-state index is 13.1. The molecule has 7 nitrogen and oxygen atoms in total. The normalized spacial score (nSPS) is 16.2. The molecule has 10 heteroatoms. The van der Waals surface area contributed by atoms with Gasteiger partial charge in [0.25, 0.3) is 5.91 Å². The number of halogens is 3. The predicted molar refractivity (Wildman–Crippen MR) is 115 cm³/mol. The summed E-state index contributed by atoms with van der Waals surface area (Å²) < 4.78 is 18.6. The Hall–Kier alpha value is -2.53. The first-order valence-electron chi connectivity index (χ1n) is 8.33. The van der Waals surface area contributed by atoms with Crippen LogP contribution in [0.4, 0.5) is 14.9 Å². The average molecular weight is 532 g/mol. The molecule has 29 heavy (non-hydrogen) atoms. The van der Waals surface area contributed by atoms with Gasteiger partial charge in [0.1, 0.15) is 5.82 Å². The molecule has 152 valence electrons. The number of hydrogen-bond acceptors (Lipinski definition) is 4. The van der Waals surface area contributed by atoms with Crippen molar-refractivity contribution < 1.29 is 23.8 Å². The molecule has 0 saturated carbocycles. The minimum Gasteiger partial charge on any atom is -0.503 e. The lowest BCUT2D eigenvalue weighted by Gasteiger charge is -2.29. The van der Waals surface area contributed by atoms with Crippen molar-refractivity contribution in [3.63, 3.8) is 0 Å². The number of phenolic OH excluding ortho intramolecular Hbond substituents is 1. The van der Waals surface area contributed by atoms with E-state index in [-0.39, 0.29) is 22.1 Å². The predicted octanol–water partition coefficient (Wildman–Crippen LogP) is 4.06. The van der Waals surface area contributed by atoms with Crippen LogP contribution < -0.4 is 20.7 Å². The minimum absolute atomic E-state index is 0.139. The first-order chi connectivity index (χ1) is 13.7. The number of amides is 3. The number of allylic oxidation sites excluding steroid dienone is 1. The quantitative estimate of drug-likeness (QED) is 0.447. The Labute approximate surface area is 184 Å². The highest BCUT2D eigenvalue weighted by Crippen LogP contribution is 2.43. The summed E-state index contributed by atoms with van der Waals surface area (Å²) >= 11 is 8.27. The molecule has 1 aliphatic rings. The lowest BCUT2D eigenvalue weighted by molar-refractivity contribution is -0.113. The summed E-state index contributed by atoms with van der Waals surface area (Å²) in [5, 5.41) is 18.2. The van der Waals surface area contributed by atoms with Gasteiger partial charge in [-0.3, -0.25) is 4.79 Å². The van der Waals surface area contributed by atoms with Crippen LogP contribution in [0.5, 0.6) is 11.5 Å². The molecular formula is C19H16ClFIN3O4. The van der Waals surface area contributed by atoms with Crippen LogP contribution in [-0.2, 0) is 4.79 Å². The van der Waals surface area contributed by atoms with E-state index in [1.54, 1.807) is 6.92 Å². The van der Waals surface area contributed by atoms with E-state index in [1.165, 1.54) is 37.4 Å². The summed E-state index contributed by atoms with van der Waals surface area (Å²) in [5.74, 6) is -0.928. The van der Waals surface area contributed by atoms with E-state index in [2.05, 4.69) is 16.0 Å². The van der Waals surface area contributed by atoms with Gasteiger partial charge in [-0.05, 0) is 59.8 Å². The number of hydrogen-bond donors (Lipinski definition) is 4. The van der Waals surface area contributed by atoms with Crippen molar-refractivity contribution in [1.29, 1.82) is 0 Å². The zero-order chi connectivity index (χ0) is 21.3. The average Bonchev–Trinajstić information content (AvgIpc) is 2.67. The van der Waals surface area contributed by atoms with Gasteiger partial charge in [0, 0.05) is 16.9 Å². The summed E-state index contributed by atoms with van der Waals surface area (Å²) in [6.45, 7) is 1.59. The van der Waals surface area contributed by atoms with Gasteiger partial charge in [0.15, 0.2) is 11.5 Å². The summed E-state index contributed by atoms with van der Waals surface area (Å²) in [7, 11) is 1.38. The number of ether oxygens (including phenoxy) is 1. The fraction of sp³-hybridized carbons (Fsp3) is 0.158. The van der Waals surface area contributed by atoms with Crippen LogP contribution in [0.2, 0.25) is 5.02 Å². The number of urea groups is 1.